The van der Waals surface area contributed by atoms with Crippen LogP contribution in [0.4, 0.5) is 0 Å². The standard InChI is InChI=1S/C15H21NO2/c1-9(13-8-12(17)6-7-14(13)18)16-15(10-2-3-10)11-4-5-11/h6-11,15-18H,2-5H2,1H3. The summed E-state index contributed by atoms with van der Waals surface area (Å²) in [6.45, 7) is 2.06. The molecule has 0 spiro atoms. The highest BCUT2D eigenvalue weighted by Crippen LogP contribution is 2.45. The first-order chi connectivity index (χ1) is 8.65. The Morgan fingerprint density at radius 3 is 2.28 bits per heavy atom. The smallest absolute Gasteiger partial charge is 0.120 e. The maximum atomic E-state index is 9.88. The van der Waals surface area contributed by atoms with Crippen LogP contribution in [0.3, 0.4) is 0 Å². The maximum absolute atomic E-state index is 9.88. The molecule has 0 aromatic heterocycles. The second-order valence-corrected chi connectivity index (χ2v) is 5.83. The first kappa shape index (κ1) is 11.8. The Morgan fingerprint density at radius 1 is 1.11 bits per heavy atom. The summed E-state index contributed by atoms with van der Waals surface area (Å²) in [6.07, 6.45) is 5.36. The van der Waals surface area contributed by atoms with E-state index in [-0.39, 0.29) is 17.5 Å². The molecule has 1 aromatic carbocycles. The molecule has 1 aromatic rings. The van der Waals surface area contributed by atoms with E-state index in [2.05, 4.69) is 12.2 Å². The summed E-state index contributed by atoms with van der Waals surface area (Å²) in [5.41, 5.74) is 0.793. The van der Waals surface area contributed by atoms with Crippen LogP contribution in [0.25, 0.3) is 0 Å². The summed E-state index contributed by atoms with van der Waals surface area (Å²) in [5.74, 6) is 2.14. The number of hydrogen-bond donors (Lipinski definition) is 3. The molecule has 3 N–H and O–H groups in total. The van der Waals surface area contributed by atoms with Crippen molar-refractivity contribution in [1.29, 1.82) is 0 Å². The lowest BCUT2D eigenvalue weighted by Crippen LogP contribution is -2.35. The third kappa shape index (κ3) is 2.46. The third-order valence-corrected chi connectivity index (χ3v) is 4.18. The average molecular weight is 247 g/mol. The lowest BCUT2D eigenvalue weighted by atomic mass is 10.0. The summed E-state index contributed by atoms with van der Waals surface area (Å²) in [7, 11) is 0. The Bertz CT molecular complexity index is 426. The van der Waals surface area contributed by atoms with Crippen LogP contribution in [-0.2, 0) is 0 Å². The minimum atomic E-state index is 0.0864. The van der Waals surface area contributed by atoms with E-state index in [1.54, 1.807) is 12.1 Å². The highest BCUT2D eigenvalue weighted by Gasteiger charge is 2.41. The number of rotatable bonds is 5. The van der Waals surface area contributed by atoms with E-state index in [1.807, 2.05) is 0 Å². The zero-order valence-electron chi connectivity index (χ0n) is 10.8. The number of nitrogens with one attached hydrogen (secondary N) is 1. The summed E-state index contributed by atoms with van der Waals surface area (Å²) < 4.78 is 0. The van der Waals surface area contributed by atoms with E-state index in [0.717, 1.165) is 17.4 Å². The van der Waals surface area contributed by atoms with Crippen LogP contribution < -0.4 is 5.32 Å². The van der Waals surface area contributed by atoms with Crippen molar-refractivity contribution in [1.82, 2.24) is 5.32 Å². The summed E-state index contributed by atoms with van der Waals surface area (Å²) >= 11 is 0. The quantitative estimate of drug-likeness (QED) is 0.701. The molecule has 3 heteroatoms. The molecule has 0 radical (unpaired) electrons. The largest absolute Gasteiger partial charge is 0.508 e. The molecule has 1 atom stereocenters. The van der Waals surface area contributed by atoms with E-state index in [1.165, 1.54) is 31.7 Å². The second-order valence-electron chi connectivity index (χ2n) is 5.83. The lowest BCUT2D eigenvalue weighted by molar-refractivity contribution is 0.367. The Labute approximate surface area is 108 Å². The fraction of sp³-hybridized carbons (Fsp3) is 0.600. The van der Waals surface area contributed by atoms with Gasteiger partial charge in [0.25, 0.3) is 0 Å². The summed E-state index contributed by atoms with van der Waals surface area (Å²) in [4.78, 5) is 0. The van der Waals surface area contributed by atoms with Crippen LogP contribution in [0.15, 0.2) is 18.2 Å². The predicted octanol–water partition coefficient (Wildman–Crippen LogP) is 2.94. The van der Waals surface area contributed by atoms with Crippen LogP contribution in [-0.4, -0.2) is 16.3 Å². The van der Waals surface area contributed by atoms with E-state index >= 15 is 0 Å². The fourth-order valence-electron chi connectivity index (χ4n) is 2.83. The Hall–Kier alpha value is -1.22. The molecular formula is C15H21NO2. The molecule has 1 unspecified atom stereocenters. The van der Waals surface area contributed by atoms with Gasteiger partial charge in [0.2, 0.25) is 0 Å². The van der Waals surface area contributed by atoms with Gasteiger partial charge in [-0.05, 0) is 62.6 Å². The van der Waals surface area contributed by atoms with Crippen LogP contribution in [0, 0.1) is 11.8 Å². The third-order valence-electron chi connectivity index (χ3n) is 4.18. The first-order valence-electron chi connectivity index (χ1n) is 6.93. The molecule has 0 saturated heterocycles. The molecule has 18 heavy (non-hydrogen) atoms. The number of phenols is 2. The SMILES string of the molecule is CC(NC(C1CC1)C1CC1)c1cc(O)ccc1O. The predicted molar refractivity (Wildman–Crippen MR) is 70.6 cm³/mol. The van der Waals surface area contributed by atoms with E-state index < -0.39 is 0 Å². The van der Waals surface area contributed by atoms with Gasteiger partial charge in [-0.25, -0.2) is 0 Å². The first-order valence-corrected chi connectivity index (χ1v) is 6.93. The van der Waals surface area contributed by atoms with Gasteiger partial charge >= 0.3 is 0 Å². The van der Waals surface area contributed by atoms with Crippen LogP contribution >= 0.6 is 0 Å². The van der Waals surface area contributed by atoms with Gasteiger partial charge in [-0.2, -0.15) is 0 Å². The highest BCUT2D eigenvalue weighted by molar-refractivity contribution is 5.40. The van der Waals surface area contributed by atoms with Crippen molar-refractivity contribution >= 4 is 0 Å². The van der Waals surface area contributed by atoms with Crippen LogP contribution in [0.5, 0.6) is 11.5 Å². The van der Waals surface area contributed by atoms with Crippen LogP contribution in [0.2, 0.25) is 0 Å². The van der Waals surface area contributed by atoms with Crippen molar-refractivity contribution in [3.63, 3.8) is 0 Å². The number of hydrogen-bond acceptors (Lipinski definition) is 3. The monoisotopic (exact) mass is 247 g/mol. The molecule has 0 amide bonds. The normalized spacial score (nSPS) is 21.2. The van der Waals surface area contributed by atoms with Gasteiger partial charge in [-0.15, -0.1) is 0 Å². The Kier molecular flexibility index (Phi) is 2.94. The summed E-state index contributed by atoms with van der Waals surface area (Å²) in [5, 5.41) is 23.1. The molecule has 2 aliphatic rings. The minimum Gasteiger partial charge on any atom is -0.508 e. The second kappa shape index (κ2) is 4.47. The van der Waals surface area contributed by atoms with Gasteiger partial charge < -0.3 is 15.5 Å². The number of benzene rings is 1. The average Bonchev–Trinajstić information content (AvgIpc) is 3.21. The zero-order chi connectivity index (χ0) is 12.7. The molecule has 98 valence electrons. The molecule has 3 rings (SSSR count). The highest BCUT2D eigenvalue weighted by atomic mass is 16.3. The van der Waals surface area contributed by atoms with E-state index in [4.69, 9.17) is 0 Å². The molecule has 2 saturated carbocycles. The van der Waals surface area contributed by atoms with Gasteiger partial charge in [-0.1, -0.05) is 0 Å². The molecule has 0 heterocycles. The molecule has 3 nitrogen and oxygen atoms in total. The van der Waals surface area contributed by atoms with Gasteiger partial charge in [0.1, 0.15) is 11.5 Å². The van der Waals surface area contributed by atoms with Crippen molar-refractivity contribution in [3.8, 4) is 11.5 Å². The van der Waals surface area contributed by atoms with Gasteiger partial charge in [0.05, 0.1) is 0 Å². The van der Waals surface area contributed by atoms with Crippen molar-refractivity contribution in [3.05, 3.63) is 23.8 Å². The number of phenolic OH excluding ortho intramolecular Hbond substituents is 2. The minimum absolute atomic E-state index is 0.0864. The van der Waals surface area contributed by atoms with Gasteiger partial charge in [-0.3, -0.25) is 0 Å². The fourth-order valence-corrected chi connectivity index (χ4v) is 2.83. The Morgan fingerprint density at radius 2 is 1.72 bits per heavy atom. The van der Waals surface area contributed by atoms with Crippen molar-refractivity contribution in [2.75, 3.05) is 0 Å². The van der Waals surface area contributed by atoms with Gasteiger partial charge in [0, 0.05) is 17.6 Å². The van der Waals surface area contributed by atoms with E-state index in [0.29, 0.717) is 6.04 Å². The van der Waals surface area contributed by atoms with Crippen molar-refractivity contribution in [2.24, 2.45) is 11.8 Å². The summed E-state index contributed by atoms with van der Waals surface area (Å²) in [6, 6.07) is 5.42. The topological polar surface area (TPSA) is 52.5 Å². The molecule has 2 fully saturated rings. The van der Waals surface area contributed by atoms with Crippen molar-refractivity contribution in [2.45, 2.75) is 44.7 Å². The molecular weight excluding hydrogens is 226 g/mol. The van der Waals surface area contributed by atoms with E-state index in [9.17, 15) is 10.2 Å². The number of aromatic hydroxyl groups is 2. The van der Waals surface area contributed by atoms with Gasteiger partial charge in [0.15, 0.2) is 0 Å². The zero-order valence-corrected chi connectivity index (χ0v) is 10.8. The molecule has 0 aliphatic heterocycles. The van der Waals surface area contributed by atoms with Crippen molar-refractivity contribution < 1.29 is 10.2 Å². The molecule has 0 bridgehead atoms. The maximum Gasteiger partial charge on any atom is 0.120 e. The molecule has 2 aliphatic carbocycles. The van der Waals surface area contributed by atoms with Crippen LogP contribution in [0.1, 0.15) is 44.2 Å². The Balaban J connectivity index is 1.72. The lowest BCUT2D eigenvalue weighted by Gasteiger charge is -2.24.